The molecule has 9 nitrogen and oxygen atoms in total. The van der Waals surface area contributed by atoms with E-state index in [9.17, 15) is 9.70 Å². The van der Waals surface area contributed by atoms with Crippen LogP contribution in [0, 0.1) is 18.8 Å². The Labute approximate surface area is 251 Å². The number of nitroso groups, excluding NO2 is 1. The smallest absolute Gasteiger partial charge is 0.320 e. The fraction of sp³-hybridized carbons (Fsp3) is 0.382. The van der Waals surface area contributed by atoms with Gasteiger partial charge in [0, 0.05) is 36.5 Å². The molecule has 1 fully saturated rings. The topological polar surface area (TPSA) is 98.9 Å². The van der Waals surface area contributed by atoms with Gasteiger partial charge in [0.2, 0.25) is 0 Å². The Hall–Kier alpha value is -4.21. The lowest BCUT2D eigenvalue weighted by Gasteiger charge is -2.34. The lowest BCUT2D eigenvalue weighted by Crippen LogP contribution is -2.39. The molecular formula is C34H37N5O4. The first-order valence-corrected chi connectivity index (χ1v) is 15.0. The monoisotopic (exact) mass is 579 g/mol. The number of para-hydroxylation sites is 1. The molecule has 43 heavy (non-hydrogen) atoms. The Morgan fingerprint density at radius 3 is 2.79 bits per heavy atom. The number of pyridine rings is 1. The molecule has 222 valence electrons. The van der Waals surface area contributed by atoms with E-state index >= 15 is 0 Å². The molecule has 1 saturated heterocycles. The van der Waals surface area contributed by atoms with Crippen molar-refractivity contribution in [2.75, 3.05) is 19.8 Å². The van der Waals surface area contributed by atoms with Crippen molar-refractivity contribution in [3.8, 4) is 22.8 Å². The van der Waals surface area contributed by atoms with E-state index in [4.69, 9.17) is 14.5 Å². The third-order valence-corrected chi connectivity index (χ3v) is 8.73. The molecule has 0 bridgehead atoms. The molecule has 0 saturated carbocycles. The molecule has 0 aliphatic carbocycles. The zero-order valence-corrected chi connectivity index (χ0v) is 25.0. The number of carbonyl (C=O) groups is 1. The molecule has 2 aromatic heterocycles. The average molecular weight is 580 g/mol. The van der Waals surface area contributed by atoms with E-state index in [1.165, 1.54) is 28.5 Å². The lowest BCUT2D eigenvalue weighted by molar-refractivity contribution is 0.1000. The quantitative estimate of drug-likeness (QED) is 0.220. The normalized spacial score (nSPS) is 16.7. The van der Waals surface area contributed by atoms with E-state index in [-0.39, 0.29) is 5.56 Å². The Balaban J connectivity index is 1.26. The molecule has 2 aliphatic heterocycles. The summed E-state index contributed by atoms with van der Waals surface area (Å²) in [6, 6.07) is 16.8. The van der Waals surface area contributed by atoms with Crippen molar-refractivity contribution in [2.24, 2.45) is 5.18 Å². The number of hydrogen-bond acceptors (Lipinski definition) is 7. The molecule has 9 heteroatoms. The van der Waals surface area contributed by atoms with E-state index in [1.807, 2.05) is 50.2 Å². The summed E-state index contributed by atoms with van der Waals surface area (Å²) in [5.74, 6) is 0.521. The van der Waals surface area contributed by atoms with Crippen molar-refractivity contribution in [2.45, 2.75) is 65.6 Å². The Morgan fingerprint density at radius 1 is 1.14 bits per heavy atom. The van der Waals surface area contributed by atoms with Crippen molar-refractivity contribution in [1.82, 2.24) is 19.7 Å². The number of hydrogen-bond donors (Lipinski definition) is 0. The number of benzene rings is 2. The first kappa shape index (κ1) is 28.9. The molecule has 1 atom stereocenters. The molecule has 0 unspecified atom stereocenters. The van der Waals surface area contributed by atoms with Gasteiger partial charge in [-0.05, 0) is 79.1 Å². The SMILES string of the molecule is CCCc1c(C(=O)N=O)cnn1-c1cccc(-c2cccc(C)c2OCc2ccc3c(c2C)CCN([C@@H]2CCOC2)C3)n1. The highest BCUT2D eigenvalue weighted by atomic mass is 16.5. The van der Waals surface area contributed by atoms with Crippen molar-refractivity contribution in [3.63, 3.8) is 0 Å². The number of aromatic nitrogens is 3. The van der Waals surface area contributed by atoms with Gasteiger partial charge in [0.05, 0.1) is 29.8 Å². The molecule has 2 aromatic carbocycles. The predicted octanol–water partition coefficient (Wildman–Crippen LogP) is 6.14. The van der Waals surface area contributed by atoms with E-state index in [2.05, 4.69) is 34.2 Å². The van der Waals surface area contributed by atoms with Crippen LogP contribution in [0.25, 0.3) is 17.1 Å². The van der Waals surface area contributed by atoms with Crippen LogP contribution in [0.1, 0.15) is 63.6 Å². The van der Waals surface area contributed by atoms with Crippen molar-refractivity contribution >= 4 is 5.91 Å². The number of rotatable bonds is 9. The maximum atomic E-state index is 12.1. The summed E-state index contributed by atoms with van der Waals surface area (Å²) in [7, 11) is 0. The largest absolute Gasteiger partial charge is 0.488 e. The van der Waals surface area contributed by atoms with E-state index < -0.39 is 5.91 Å². The highest BCUT2D eigenvalue weighted by Crippen LogP contribution is 2.34. The summed E-state index contributed by atoms with van der Waals surface area (Å²) < 4.78 is 13.8. The zero-order valence-electron chi connectivity index (χ0n) is 25.0. The van der Waals surface area contributed by atoms with Gasteiger partial charge in [-0.15, -0.1) is 4.91 Å². The van der Waals surface area contributed by atoms with Gasteiger partial charge in [0.15, 0.2) is 5.82 Å². The first-order chi connectivity index (χ1) is 21.0. The van der Waals surface area contributed by atoms with Crippen LogP contribution in [-0.4, -0.2) is 51.4 Å². The van der Waals surface area contributed by atoms with Gasteiger partial charge in [0.1, 0.15) is 12.4 Å². The number of fused-ring (bicyclic) bond motifs is 1. The summed E-state index contributed by atoms with van der Waals surface area (Å²) in [6.45, 7) is 10.5. The second-order valence-electron chi connectivity index (χ2n) is 11.4. The van der Waals surface area contributed by atoms with Gasteiger partial charge >= 0.3 is 5.91 Å². The van der Waals surface area contributed by atoms with Crippen LogP contribution in [0.3, 0.4) is 0 Å². The Bertz CT molecular complexity index is 1660. The third-order valence-electron chi connectivity index (χ3n) is 8.73. The van der Waals surface area contributed by atoms with E-state index in [0.717, 1.165) is 68.1 Å². The van der Waals surface area contributed by atoms with Crippen LogP contribution in [0.15, 0.2) is 59.9 Å². The molecule has 4 aromatic rings. The van der Waals surface area contributed by atoms with E-state index in [0.29, 0.717) is 30.6 Å². The highest BCUT2D eigenvalue weighted by Gasteiger charge is 2.28. The zero-order chi connectivity index (χ0) is 29.9. The highest BCUT2D eigenvalue weighted by molar-refractivity contribution is 5.95. The summed E-state index contributed by atoms with van der Waals surface area (Å²) in [5, 5.41) is 6.99. The predicted molar refractivity (Wildman–Crippen MR) is 165 cm³/mol. The standard InChI is InChI=1S/C34H37N5O4/c1-4-7-31-29(34(40)37-41)18-35-39(31)32-11-6-10-30(36-32)28-9-5-8-22(2)33(28)43-20-25-13-12-24-19-38(26-15-17-42-21-26)16-14-27(24)23(25)3/h5-6,8-13,18,26H,4,7,14-17,19-21H2,1-3H3/t26-/m1/s1. The number of nitrogens with zero attached hydrogens (tertiary/aromatic N) is 5. The van der Waals surface area contributed by atoms with Gasteiger partial charge in [-0.1, -0.05) is 43.7 Å². The molecule has 4 heterocycles. The van der Waals surface area contributed by atoms with Crippen LogP contribution in [0.5, 0.6) is 5.75 Å². The molecule has 6 rings (SSSR count). The van der Waals surface area contributed by atoms with Crippen LogP contribution < -0.4 is 4.74 Å². The minimum atomic E-state index is -0.821. The minimum absolute atomic E-state index is 0.212. The summed E-state index contributed by atoms with van der Waals surface area (Å²) in [4.78, 5) is 30.6. The van der Waals surface area contributed by atoms with E-state index in [1.54, 1.807) is 4.68 Å². The number of carbonyl (C=O) groups excluding carboxylic acids is 1. The second kappa shape index (κ2) is 12.6. The van der Waals surface area contributed by atoms with Crippen LogP contribution in [-0.2, 0) is 30.7 Å². The van der Waals surface area contributed by atoms with Gasteiger partial charge in [0.25, 0.3) is 0 Å². The molecular weight excluding hydrogens is 542 g/mol. The van der Waals surface area contributed by atoms with Gasteiger partial charge in [-0.3, -0.25) is 9.69 Å². The minimum Gasteiger partial charge on any atom is -0.488 e. The summed E-state index contributed by atoms with van der Waals surface area (Å²) >= 11 is 0. The van der Waals surface area contributed by atoms with Crippen LogP contribution >= 0.6 is 0 Å². The summed E-state index contributed by atoms with van der Waals surface area (Å²) in [6.07, 6.45) is 4.90. The fourth-order valence-electron chi connectivity index (χ4n) is 6.35. The van der Waals surface area contributed by atoms with Crippen LogP contribution in [0.2, 0.25) is 0 Å². The molecule has 0 radical (unpaired) electrons. The molecule has 1 amide bonds. The van der Waals surface area contributed by atoms with Crippen molar-refractivity contribution in [1.29, 1.82) is 0 Å². The molecule has 0 N–H and O–H groups in total. The maximum absolute atomic E-state index is 12.1. The Morgan fingerprint density at radius 2 is 2.00 bits per heavy atom. The number of ether oxygens (including phenoxy) is 2. The maximum Gasteiger partial charge on any atom is 0.320 e. The van der Waals surface area contributed by atoms with Crippen LogP contribution in [0.4, 0.5) is 0 Å². The molecule has 2 aliphatic rings. The number of amides is 1. The van der Waals surface area contributed by atoms with Gasteiger partial charge in [-0.2, -0.15) is 5.10 Å². The molecule has 0 spiro atoms. The van der Waals surface area contributed by atoms with Crippen molar-refractivity contribution < 1.29 is 14.3 Å². The fourth-order valence-corrected chi connectivity index (χ4v) is 6.35. The first-order valence-electron chi connectivity index (χ1n) is 15.0. The van der Waals surface area contributed by atoms with Gasteiger partial charge < -0.3 is 9.47 Å². The number of aryl methyl sites for hydroxylation is 1. The third kappa shape index (κ3) is 5.75. The Kier molecular flexibility index (Phi) is 8.44. The average Bonchev–Trinajstić information content (AvgIpc) is 3.72. The second-order valence-corrected chi connectivity index (χ2v) is 11.4. The summed E-state index contributed by atoms with van der Waals surface area (Å²) in [5.41, 5.74) is 8.82. The van der Waals surface area contributed by atoms with Crippen molar-refractivity contribution in [3.05, 3.63) is 98.7 Å². The van der Waals surface area contributed by atoms with Gasteiger partial charge in [-0.25, -0.2) is 9.67 Å². The lowest BCUT2D eigenvalue weighted by atomic mass is 9.91.